The molecular formula is C19H21NOS. The number of fused-ring (bicyclic) bond motifs is 3. The van der Waals surface area contributed by atoms with E-state index in [0.29, 0.717) is 12.0 Å². The van der Waals surface area contributed by atoms with Gasteiger partial charge in [-0.1, -0.05) is 18.2 Å². The van der Waals surface area contributed by atoms with E-state index >= 15 is 0 Å². The van der Waals surface area contributed by atoms with Gasteiger partial charge in [0.05, 0.1) is 12.1 Å². The lowest BCUT2D eigenvalue weighted by Gasteiger charge is -2.43. The van der Waals surface area contributed by atoms with Crippen LogP contribution in [0.5, 0.6) is 0 Å². The van der Waals surface area contributed by atoms with Crippen molar-refractivity contribution >= 4 is 17.0 Å². The lowest BCUT2D eigenvalue weighted by Crippen LogP contribution is -2.36. The quantitative estimate of drug-likeness (QED) is 0.817. The smallest absolute Gasteiger partial charge is 0.0895 e. The van der Waals surface area contributed by atoms with Crippen LogP contribution in [0.2, 0.25) is 0 Å². The summed E-state index contributed by atoms with van der Waals surface area (Å²) < 4.78 is 6.26. The van der Waals surface area contributed by atoms with E-state index in [9.17, 15) is 0 Å². The van der Waals surface area contributed by atoms with Crippen molar-refractivity contribution in [2.45, 2.75) is 43.7 Å². The standard InChI is InChI=1S/C19H21NOS/c1-3-14(12-6-7-12)18-16(4-1)19-15(5-2-9-21-19)17(20-18)13-8-10-22-11-13/h1,3-4,8,10-12,15,17,19-20H,2,5-7,9H2. The number of para-hydroxylation sites is 1. The van der Waals surface area contributed by atoms with Crippen LogP contribution >= 0.6 is 11.3 Å². The molecule has 3 heteroatoms. The van der Waals surface area contributed by atoms with E-state index in [0.717, 1.165) is 12.5 Å². The van der Waals surface area contributed by atoms with E-state index in [1.165, 1.54) is 48.1 Å². The molecule has 2 nitrogen and oxygen atoms in total. The highest BCUT2D eigenvalue weighted by Gasteiger charge is 2.41. The number of nitrogens with one attached hydrogen (secondary N) is 1. The summed E-state index contributed by atoms with van der Waals surface area (Å²) in [5, 5.41) is 8.41. The van der Waals surface area contributed by atoms with Crippen LogP contribution in [0.15, 0.2) is 35.0 Å². The van der Waals surface area contributed by atoms with Crippen molar-refractivity contribution in [3.05, 3.63) is 51.7 Å². The molecule has 1 aliphatic carbocycles. The van der Waals surface area contributed by atoms with Crippen LogP contribution in [-0.2, 0) is 4.74 Å². The van der Waals surface area contributed by atoms with Crippen molar-refractivity contribution in [2.75, 3.05) is 11.9 Å². The van der Waals surface area contributed by atoms with E-state index < -0.39 is 0 Å². The molecule has 1 aromatic heterocycles. The Morgan fingerprint density at radius 3 is 2.82 bits per heavy atom. The molecule has 0 spiro atoms. The van der Waals surface area contributed by atoms with Gasteiger partial charge in [-0.25, -0.2) is 0 Å². The van der Waals surface area contributed by atoms with Crippen LogP contribution in [0.25, 0.3) is 0 Å². The summed E-state index contributed by atoms with van der Waals surface area (Å²) in [5.41, 5.74) is 5.73. The first-order chi connectivity index (χ1) is 10.9. The third-order valence-electron chi connectivity index (χ3n) is 5.45. The maximum Gasteiger partial charge on any atom is 0.0895 e. The summed E-state index contributed by atoms with van der Waals surface area (Å²) in [6.07, 6.45) is 5.40. The van der Waals surface area contributed by atoms with Crippen LogP contribution in [0.4, 0.5) is 5.69 Å². The first-order valence-corrected chi connectivity index (χ1v) is 9.39. The topological polar surface area (TPSA) is 21.3 Å². The van der Waals surface area contributed by atoms with Crippen molar-refractivity contribution in [2.24, 2.45) is 5.92 Å². The second kappa shape index (κ2) is 5.10. The number of thiophene rings is 1. The van der Waals surface area contributed by atoms with E-state index in [-0.39, 0.29) is 6.10 Å². The molecule has 22 heavy (non-hydrogen) atoms. The third kappa shape index (κ3) is 2.03. The Bertz CT molecular complexity index is 677. The van der Waals surface area contributed by atoms with Gasteiger partial charge in [-0.2, -0.15) is 11.3 Å². The fourth-order valence-corrected chi connectivity index (χ4v) is 4.93. The molecule has 3 unspecified atom stereocenters. The van der Waals surface area contributed by atoms with Gasteiger partial charge in [0.2, 0.25) is 0 Å². The van der Waals surface area contributed by atoms with Gasteiger partial charge in [0, 0.05) is 23.8 Å². The van der Waals surface area contributed by atoms with Crippen LogP contribution in [0.3, 0.4) is 0 Å². The number of hydrogen-bond donors (Lipinski definition) is 1. The Morgan fingerprint density at radius 2 is 2.00 bits per heavy atom. The van der Waals surface area contributed by atoms with Crippen molar-refractivity contribution in [3.63, 3.8) is 0 Å². The second-order valence-electron chi connectivity index (χ2n) is 6.86. The minimum Gasteiger partial charge on any atom is -0.377 e. The largest absolute Gasteiger partial charge is 0.377 e. The van der Waals surface area contributed by atoms with Gasteiger partial charge in [0.1, 0.15) is 0 Å². The Balaban J connectivity index is 1.63. The summed E-state index contributed by atoms with van der Waals surface area (Å²) in [6, 6.07) is 9.51. The summed E-state index contributed by atoms with van der Waals surface area (Å²) in [5.74, 6) is 1.33. The fraction of sp³-hybridized carbons (Fsp3) is 0.474. The minimum atomic E-state index is 0.272. The molecule has 5 rings (SSSR count). The Kier molecular flexibility index (Phi) is 3.05. The molecule has 1 aromatic carbocycles. The number of ether oxygens (including phenoxy) is 1. The van der Waals surface area contributed by atoms with Crippen molar-refractivity contribution in [1.82, 2.24) is 0 Å². The lowest BCUT2D eigenvalue weighted by atomic mass is 9.77. The Morgan fingerprint density at radius 1 is 1.09 bits per heavy atom. The van der Waals surface area contributed by atoms with Crippen molar-refractivity contribution in [3.8, 4) is 0 Å². The molecule has 3 atom stereocenters. The SMILES string of the molecule is c1cc(C2CC2)c2c(c1)C1OCCCC1C(c1ccsc1)N2. The van der Waals surface area contributed by atoms with Gasteiger partial charge in [-0.15, -0.1) is 0 Å². The highest BCUT2D eigenvalue weighted by Crippen LogP contribution is 2.53. The van der Waals surface area contributed by atoms with Gasteiger partial charge in [0.25, 0.3) is 0 Å². The van der Waals surface area contributed by atoms with Crippen LogP contribution in [0.1, 0.15) is 60.4 Å². The average molecular weight is 311 g/mol. The maximum atomic E-state index is 6.26. The number of anilines is 1. The molecule has 0 amide bonds. The molecule has 114 valence electrons. The first kappa shape index (κ1) is 13.1. The zero-order valence-electron chi connectivity index (χ0n) is 12.6. The summed E-state index contributed by atoms with van der Waals surface area (Å²) in [4.78, 5) is 0. The maximum absolute atomic E-state index is 6.26. The number of benzene rings is 1. The van der Waals surface area contributed by atoms with Gasteiger partial charge < -0.3 is 10.1 Å². The normalized spacial score (nSPS) is 30.3. The summed E-state index contributed by atoms with van der Waals surface area (Å²) in [6.45, 7) is 0.907. The average Bonchev–Trinajstić information content (AvgIpc) is 3.28. The minimum absolute atomic E-state index is 0.272. The molecule has 0 bridgehead atoms. The molecule has 1 saturated heterocycles. The van der Waals surface area contributed by atoms with Crippen LogP contribution in [0, 0.1) is 5.92 Å². The van der Waals surface area contributed by atoms with E-state index in [2.05, 4.69) is 40.3 Å². The molecule has 2 fully saturated rings. The molecule has 3 aliphatic rings. The van der Waals surface area contributed by atoms with E-state index in [1.54, 1.807) is 11.3 Å². The van der Waals surface area contributed by atoms with Crippen LogP contribution < -0.4 is 5.32 Å². The summed E-state index contributed by atoms with van der Waals surface area (Å²) >= 11 is 1.80. The van der Waals surface area contributed by atoms with Crippen molar-refractivity contribution in [1.29, 1.82) is 0 Å². The zero-order valence-corrected chi connectivity index (χ0v) is 13.4. The van der Waals surface area contributed by atoms with E-state index in [4.69, 9.17) is 4.74 Å². The molecule has 3 heterocycles. The predicted octanol–water partition coefficient (Wildman–Crippen LogP) is 5.26. The van der Waals surface area contributed by atoms with Gasteiger partial charge >= 0.3 is 0 Å². The second-order valence-corrected chi connectivity index (χ2v) is 7.64. The van der Waals surface area contributed by atoms with Crippen molar-refractivity contribution < 1.29 is 4.74 Å². The van der Waals surface area contributed by atoms with Gasteiger partial charge in [-0.3, -0.25) is 0 Å². The fourth-order valence-electron chi connectivity index (χ4n) is 4.24. The summed E-state index contributed by atoms with van der Waals surface area (Å²) in [7, 11) is 0. The van der Waals surface area contributed by atoms with E-state index in [1.807, 2.05) is 0 Å². The number of hydrogen-bond acceptors (Lipinski definition) is 3. The molecular weight excluding hydrogens is 290 g/mol. The predicted molar refractivity (Wildman–Crippen MR) is 90.5 cm³/mol. The highest BCUT2D eigenvalue weighted by molar-refractivity contribution is 7.08. The molecule has 2 aliphatic heterocycles. The molecule has 2 aromatic rings. The molecule has 1 saturated carbocycles. The van der Waals surface area contributed by atoms with Crippen LogP contribution in [-0.4, -0.2) is 6.61 Å². The van der Waals surface area contributed by atoms with Gasteiger partial charge in [-0.05, 0) is 59.6 Å². The lowest BCUT2D eigenvalue weighted by molar-refractivity contribution is -0.0381. The zero-order chi connectivity index (χ0) is 14.5. The first-order valence-electron chi connectivity index (χ1n) is 8.45. The third-order valence-corrected chi connectivity index (χ3v) is 6.15. The number of rotatable bonds is 2. The highest BCUT2D eigenvalue weighted by atomic mass is 32.1. The Hall–Kier alpha value is -1.32. The molecule has 1 N–H and O–H groups in total. The Labute approximate surface area is 135 Å². The monoisotopic (exact) mass is 311 g/mol. The van der Waals surface area contributed by atoms with Gasteiger partial charge in [0.15, 0.2) is 0 Å². The molecule has 0 radical (unpaired) electrons.